The number of hydrogen-bond donors (Lipinski definition) is 2. The van der Waals surface area contributed by atoms with E-state index in [9.17, 15) is 4.39 Å². The van der Waals surface area contributed by atoms with Gasteiger partial charge in [-0.25, -0.2) is 14.4 Å². The van der Waals surface area contributed by atoms with E-state index < -0.39 is 5.82 Å². The third-order valence-electron chi connectivity index (χ3n) is 4.74. The molecule has 32 heavy (non-hydrogen) atoms. The zero-order chi connectivity index (χ0) is 21.9. The van der Waals surface area contributed by atoms with Crippen LogP contribution in [0, 0.1) is 5.82 Å². The summed E-state index contributed by atoms with van der Waals surface area (Å²) in [6.07, 6.45) is 4.21. The summed E-state index contributed by atoms with van der Waals surface area (Å²) in [4.78, 5) is 12.5. The molecule has 0 aliphatic carbocycles. The van der Waals surface area contributed by atoms with E-state index in [2.05, 4.69) is 30.7 Å². The molecule has 158 valence electrons. The van der Waals surface area contributed by atoms with Crippen LogP contribution in [0.3, 0.4) is 0 Å². The molecule has 0 bridgehead atoms. The maximum absolute atomic E-state index is 14.4. The molecule has 0 aliphatic rings. The zero-order valence-electron chi connectivity index (χ0n) is 17.0. The van der Waals surface area contributed by atoms with Crippen molar-refractivity contribution in [3.05, 3.63) is 85.1 Å². The lowest BCUT2D eigenvalue weighted by molar-refractivity contribution is 0.574. The summed E-state index contributed by atoms with van der Waals surface area (Å²) in [6, 6.07) is 19.0. The Morgan fingerprint density at radius 1 is 0.938 bits per heavy atom. The standard InChI is InChI=1S/C23H18FN7O/c1-31-20(13-19(30-31)15-6-3-2-4-7-15)28-21-18(24)14-26-23(29-21)27-17-9-5-8-16(12-17)22-25-10-11-32-22/h2-14H,1H3,(H2,26,27,28,29). The van der Waals surface area contributed by atoms with Crippen LogP contribution < -0.4 is 10.6 Å². The molecule has 0 saturated heterocycles. The van der Waals surface area contributed by atoms with Gasteiger partial charge >= 0.3 is 0 Å². The Morgan fingerprint density at radius 3 is 2.59 bits per heavy atom. The van der Waals surface area contributed by atoms with E-state index in [0.29, 0.717) is 17.4 Å². The van der Waals surface area contributed by atoms with Crippen LogP contribution in [0.15, 0.2) is 83.7 Å². The highest BCUT2D eigenvalue weighted by atomic mass is 19.1. The minimum atomic E-state index is -0.577. The SMILES string of the molecule is Cn1nc(-c2ccccc2)cc1Nc1nc(Nc2cccc(-c3ncco3)c2)ncc1F. The summed E-state index contributed by atoms with van der Waals surface area (Å²) < 4.78 is 21.4. The van der Waals surface area contributed by atoms with Gasteiger partial charge in [0.25, 0.3) is 0 Å². The van der Waals surface area contributed by atoms with E-state index in [0.717, 1.165) is 23.0 Å². The van der Waals surface area contributed by atoms with Crippen LogP contribution in [0.25, 0.3) is 22.7 Å². The fourth-order valence-corrected chi connectivity index (χ4v) is 3.20. The molecule has 0 aliphatic heterocycles. The second-order valence-corrected chi connectivity index (χ2v) is 6.96. The van der Waals surface area contributed by atoms with Crippen molar-refractivity contribution in [3.8, 4) is 22.7 Å². The molecule has 0 spiro atoms. The van der Waals surface area contributed by atoms with Crippen molar-refractivity contribution >= 4 is 23.3 Å². The van der Waals surface area contributed by atoms with Crippen molar-refractivity contribution in [2.24, 2.45) is 7.05 Å². The van der Waals surface area contributed by atoms with Crippen LogP contribution in [-0.4, -0.2) is 24.7 Å². The highest BCUT2D eigenvalue weighted by Gasteiger charge is 2.13. The van der Waals surface area contributed by atoms with Crippen LogP contribution in [0.2, 0.25) is 0 Å². The number of aryl methyl sites for hydroxylation is 1. The van der Waals surface area contributed by atoms with Gasteiger partial charge in [0.15, 0.2) is 11.6 Å². The largest absolute Gasteiger partial charge is 0.445 e. The van der Waals surface area contributed by atoms with Crippen LogP contribution in [0.4, 0.5) is 27.7 Å². The smallest absolute Gasteiger partial charge is 0.229 e. The molecule has 2 N–H and O–H groups in total. The van der Waals surface area contributed by atoms with Crippen molar-refractivity contribution < 1.29 is 8.81 Å². The normalized spacial score (nSPS) is 10.8. The predicted octanol–water partition coefficient (Wildman–Crippen LogP) is 5.16. The molecule has 8 nitrogen and oxygen atoms in total. The van der Waals surface area contributed by atoms with Crippen LogP contribution >= 0.6 is 0 Å². The molecule has 0 amide bonds. The molecule has 9 heteroatoms. The highest BCUT2D eigenvalue weighted by Crippen LogP contribution is 2.26. The summed E-state index contributed by atoms with van der Waals surface area (Å²) in [6.45, 7) is 0. The fraction of sp³-hybridized carbons (Fsp3) is 0.0435. The minimum absolute atomic E-state index is 0.0361. The summed E-state index contributed by atoms with van der Waals surface area (Å²) in [5, 5.41) is 10.6. The van der Waals surface area contributed by atoms with Crippen molar-refractivity contribution in [1.29, 1.82) is 0 Å². The lowest BCUT2D eigenvalue weighted by Gasteiger charge is -2.10. The first kappa shape index (κ1) is 19.4. The van der Waals surface area contributed by atoms with E-state index in [1.54, 1.807) is 17.9 Å². The Morgan fingerprint density at radius 2 is 1.78 bits per heavy atom. The quantitative estimate of drug-likeness (QED) is 0.387. The van der Waals surface area contributed by atoms with E-state index in [1.807, 2.05) is 60.7 Å². The maximum atomic E-state index is 14.4. The molecule has 3 heterocycles. The molecular formula is C23H18FN7O. The van der Waals surface area contributed by atoms with Crippen molar-refractivity contribution in [1.82, 2.24) is 24.7 Å². The van der Waals surface area contributed by atoms with Crippen LogP contribution in [0.5, 0.6) is 0 Å². The summed E-state index contributed by atoms with van der Waals surface area (Å²) >= 11 is 0. The summed E-state index contributed by atoms with van der Waals surface area (Å²) in [5.74, 6) is 0.796. The summed E-state index contributed by atoms with van der Waals surface area (Å²) in [5.41, 5.74) is 3.24. The third-order valence-corrected chi connectivity index (χ3v) is 4.74. The second-order valence-electron chi connectivity index (χ2n) is 6.96. The number of nitrogens with one attached hydrogen (secondary N) is 2. The molecule has 5 aromatic rings. The Kier molecular flexibility index (Phi) is 5.04. The molecule has 0 atom stereocenters. The zero-order valence-corrected chi connectivity index (χ0v) is 17.0. The Balaban J connectivity index is 1.38. The molecule has 5 rings (SSSR count). The first-order valence-corrected chi connectivity index (χ1v) is 9.82. The van der Waals surface area contributed by atoms with Gasteiger partial charge in [0.05, 0.1) is 18.1 Å². The van der Waals surface area contributed by atoms with Gasteiger partial charge in [-0.2, -0.15) is 10.1 Å². The molecule has 2 aromatic carbocycles. The molecule has 0 fully saturated rings. The van der Waals surface area contributed by atoms with Gasteiger partial charge < -0.3 is 15.1 Å². The number of aromatic nitrogens is 5. The number of oxazole rings is 1. The van der Waals surface area contributed by atoms with E-state index >= 15 is 0 Å². The Labute approximate surface area is 182 Å². The summed E-state index contributed by atoms with van der Waals surface area (Å²) in [7, 11) is 1.78. The average Bonchev–Trinajstić information content (AvgIpc) is 3.48. The third kappa shape index (κ3) is 4.04. The predicted molar refractivity (Wildman–Crippen MR) is 119 cm³/mol. The topological polar surface area (TPSA) is 93.7 Å². The first-order chi connectivity index (χ1) is 15.7. The number of rotatable bonds is 6. The van der Waals surface area contributed by atoms with Gasteiger partial charge in [0.2, 0.25) is 11.8 Å². The van der Waals surface area contributed by atoms with Gasteiger partial charge in [-0.15, -0.1) is 0 Å². The van der Waals surface area contributed by atoms with Gasteiger partial charge in [-0.05, 0) is 18.2 Å². The fourth-order valence-electron chi connectivity index (χ4n) is 3.20. The van der Waals surface area contributed by atoms with E-state index in [4.69, 9.17) is 4.42 Å². The Bertz CT molecular complexity index is 1350. The molecule has 0 radical (unpaired) electrons. The van der Waals surface area contributed by atoms with E-state index in [1.165, 1.54) is 6.26 Å². The van der Waals surface area contributed by atoms with Gasteiger partial charge in [-0.1, -0.05) is 36.4 Å². The van der Waals surface area contributed by atoms with E-state index in [-0.39, 0.29) is 11.8 Å². The second kappa shape index (κ2) is 8.31. The number of nitrogens with zero attached hydrogens (tertiary/aromatic N) is 5. The van der Waals surface area contributed by atoms with Crippen molar-refractivity contribution in [2.45, 2.75) is 0 Å². The average molecular weight is 427 g/mol. The van der Waals surface area contributed by atoms with Crippen LogP contribution in [0.1, 0.15) is 0 Å². The van der Waals surface area contributed by atoms with Gasteiger partial charge in [0.1, 0.15) is 12.1 Å². The number of halogens is 1. The monoisotopic (exact) mass is 427 g/mol. The number of hydrogen-bond acceptors (Lipinski definition) is 7. The van der Waals surface area contributed by atoms with Gasteiger partial charge in [0, 0.05) is 29.9 Å². The molecular weight excluding hydrogens is 409 g/mol. The van der Waals surface area contributed by atoms with Crippen molar-refractivity contribution in [2.75, 3.05) is 10.6 Å². The maximum Gasteiger partial charge on any atom is 0.229 e. The number of anilines is 4. The molecule has 0 unspecified atom stereocenters. The van der Waals surface area contributed by atoms with Crippen LogP contribution in [-0.2, 0) is 7.05 Å². The lowest BCUT2D eigenvalue weighted by atomic mass is 10.2. The minimum Gasteiger partial charge on any atom is -0.445 e. The van der Waals surface area contributed by atoms with Gasteiger partial charge in [-0.3, -0.25) is 4.68 Å². The molecule has 0 saturated carbocycles. The number of benzene rings is 2. The Hall–Kier alpha value is -4.53. The highest BCUT2D eigenvalue weighted by molar-refractivity contribution is 5.67. The lowest BCUT2D eigenvalue weighted by Crippen LogP contribution is -2.06. The first-order valence-electron chi connectivity index (χ1n) is 9.82. The van der Waals surface area contributed by atoms with Crippen molar-refractivity contribution in [3.63, 3.8) is 0 Å². The molecule has 3 aromatic heterocycles.